The highest BCUT2D eigenvalue weighted by atomic mass is 35.5. The molecule has 0 amide bonds. The van der Waals surface area contributed by atoms with Crippen LogP contribution < -0.4 is 5.56 Å². The Hall–Kier alpha value is -2.34. The average molecular weight is 336 g/mol. The molecule has 0 atom stereocenters. The summed E-state index contributed by atoms with van der Waals surface area (Å²) in [6.45, 7) is 4.04. The fourth-order valence-corrected chi connectivity index (χ4v) is 2.27. The second-order valence-electron chi connectivity index (χ2n) is 5.26. The zero-order chi connectivity index (χ0) is 17.0. The summed E-state index contributed by atoms with van der Waals surface area (Å²) in [7, 11) is 0. The number of H-pyrrole nitrogens is 1. The van der Waals surface area contributed by atoms with E-state index in [0.29, 0.717) is 34.9 Å². The van der Waals surface area contributed by atoms with Crippen LogP contribution in [0.5, 0.6) is 0 Å². The number of benzene rings is 1. The summed E-state index contributed by atoms with van der Waals surface area (Å²) in [6.07, 6.45) is 1.99. The van der Waals surface area contributed by atoms with E-state index in [1.165, 1.54) is 10.9 Å². The van der Waals surface area contributed by atoms with Gasteiger partial charge in [-0.2, -0.15) is 0 Å². The van der Waals surface area contributed by atoms with Crippen molar-refractivity contribution in [2.24, 2.45) is 4.99 Å². The first kappa shape index (κ1) is 17.0. The van der Waals surface area contributed by atoms with E-state index in [4.69, 9.17) is 16.7 Å². The second-order valence-corrected chi connectivity index (χ2v) is 5.66. The summed E-state index contributed by atoms with van der Waals surface area (Å²) in [6, 6.07) is 5.38. The minimum Gasteiger partial charge on any atom is -0.481 e. The minimum atomic E-state index is -0.850. The van der Waals surface area contributed by atoms with Crippen molar-refractivity contribution in [3.8, 4) is 5.69 Å². The quantitative estimate of drug-likeness (QED) is 0.628. The molecule has 0 saturated carbocycles. The van der Waals surface area contributed by atoms with E-state index < -0.39 is 5.97 Å². The molecule has 7 heteroatoms. The van der Waals surface area contributed by atoms with Crippen molar-refractivity contribution < 1.29 is 9.90 Å². The van der Waals surface area contributed by atoms with Gasteiger partial charge in [0.05, 0.1) is 11.3 Å². The zero-order valence-corrected chi connectivity index (χ0v) is 13.7. The molecule has 0 aliphatic heterocycles. The molecule has 1 heterocycles. The lowest BCUT2D eigenvalue weighted by atomic mass is 10.2. The normalized spacial score (nSPS) is 11.3. The summed E-state index contributed by atoms with van der Waals surface area (Å²) in [5.74, 6) is -0.850. The maximum atomic E-state index is 12.5. The fraction of sp³-hybridized carbons (Fsp3) is 0.312. The number of aromatic amines is 1. The lowest BCUT2D eigenvalue weighted by Crippen LogP contribution is -2.17. The summed E-state index contributed by atoms with van der Waals surface area (Å²) >= 11 is 6.10. The Balaban J connectivity index is 2.22. The number of hydrogen-bond acceptors (Lipinski definition) is 3. The number of nitrogens with one attached hydrogen (secondary N) is 1. The first-order valence-electron chi connectivity index (χ1n) is 7.20. The Bertz CT molecular complexity index is 805. The van der Waals surface area contributed by atoms with Crippen LogP contribution in [0.2, 0.25) is 5.02 Å². The molecule has 0 aliphatic rings. The Morgan fingerprint density at radius 1 is 1.43 bits per heavy atom. The first-order valence-corrected chi connectivity index (χ1v) is 7.57. The molecule has 122 valence electrons. The smallest absolute Gasteiger partial charge is 0.303 e. The van der Waals surface area contributed by atoms with Gasteiger partial charge in [-0.25, -0.2) is 4.68 Å². The van der Waals surface area contributed by atoms with E-state index in [0.717, 1.165) is 5.56 Å². The van der Waals surface area contributed by atoms with Gasteiger partial charge in [0, 0.05) is 29.9 Å². The number of carboxylic acids is 1. The van der Waals surface area contributed by atoms with Crippen LogP contribution in [-0.4, -0.2) is 33.6 Å². The van der Waals surface area contributed by atoms with Crippen LogP contribution in [0.25, 0.3) is 5.69 Å². The van der Waals surface area contributed by atoms with E-state index in [9.17, 15) is 9.59 Å². The van der Waals surface area contributed by atoms with E-state index in [2.05, 4.69) is 10.1 Å². The number of rotatable bonds is 6. The number of nitrogens with zero attached hydrogens (tertiary/aromatic N) is 2. The van der Waals surface area contributed by atoms with Crippen LogP contribution in [-0.2, 0) is 4.79 Å². The molecule has 2 aromatic rings. The Kier molecular flexibility index (Phi) is 5.39. The van der Waals surface area contributed by atoms with E-state index in [1.54, 1.807) is 13.0 Å². The van der Waals surface area contributed by atoms with Gasteiger partial charge in [-0.15, -0.1) is 0 Å². The number of hydrogen-bond donors (Lipinski definition) is 2. The standard InChI is InChI=1S/C16H18ClN3O3/c1-10-5-6-12(8-14(10)17)20-16(23)13(11(2)19-20)9-18-7-3-4-15(21)22/h5-6,8-9,19H,3-4,7H2,1-2H3,(H,21,22). The molecular formula is C16H18ClN3O3. The highest BCUT2D eigenvalue weighted by Crippen LogP contribution is 2.18. The molecule has 0 fully saturated rings. The van der Waals surface area contributed by atoms with E-state index in [1.807, 2.05) is 19.1 Å². The third-order valence-electron chi connectivity index (χ3n) is 3.43. The molecule has 6 nitrogen and oxygen atoms in total. The van der Waals surface area contributed by atoms with Crippen molar-refractivity contribution >= 4 is 23.8 Å². The van der Waals surface area contributed by atoms with E-state index >= 15 is 0 Å². The van der Waals surface area contributed by atoms with Crippen LogP contribution in [0.15, 0.2) is 28.0 Å². The summed E-state index contributed by atoms with van der Waals surface area (Å²) in [5.41, 5.74) is 2.52. The van der Waals surface area contributed by atoms with Crippen LogP contribution in [0.1, 0.15) is 29.7 Å². The first-order chi connectivity index (χ1) is 10.9. The number of carboxylic acid groups (broad SMARTS) is 1. The predicted molar refractivity (Wildman–Crippen MR) is 90.2 cm³/mol. The van der Waals surface area contributed by atoms with Crippen LogP contribution in [0, 0.1) is 13.8 Å². The number of aryl methyl sites for hydroxylation is 2. The molecule has 23 heavy (non-hydrogen) atoms. The maximum absolute atomic E-state index is 12.5. The van der Waals surface area contributed by atoms with Crippen LogP contribution >= 0.6 is 11.6 Å². The van der Waals surface area contributed by atoms with Gasteiger partial charge in [-0.05, 0) is 38.0 Å². The van der Waals surface area contributed by atoms with Crippen molar-refractivity contribution in [1.82, 2.24) is 9.78 Å². The number of aliphatic carboxylic acids is 1. The monoisotopic (exact) mass is 335 g/mol. The number of aliphatic imine (C=N–C) groups is 1. The maximum Gasteiger partial charge on any atom is 0.303 e. The third kappa shape index (κ3) is 4.10. The molecule has 2 rings (SSSR count). The van der Waals surface area contributed by atoms with Gasteiger partial charge >= 0.3 is 5.97 Å². The SMILES string of the molecule is Cc1ccc(-n2[nH]c(C)c(C=NCCCC(=O)O)c2=O)cc1Cl. The summed E-state index contributed by atoms with van der Waals surface area (Å²) in [5, 5.41) is 12.2. The Morgan fingerprint density at radius 3 is 2.83 bits per heavy atom. The average Bonchev–Trinajstić information content (AvgIpc) is 2.77. The van der Waals surface area contributed by atoms with Gasteiger partial charge in [-0.1, -0.05) is 17.7 Å². The van der Waals surface area contributed by atoms with Gasteiger partial charge in [0.1, 0.15) is 0 Å². The molecule has 2 N–H and O–H groups in total. The lowest BCUT2D eigenvalue weighted by Gasteiger charge is -2.03. The highest BCUT2D eigenvalue weighted by molar-refractivity contribution is 6.31. The topological polar surface area (TPSA) is 87.4 Å². The van der Waals surface area contributed by atoms with Crippen molar-refractivity contribution in [3.05, 3.63) is 50.4 Å². The number of aromatic nitrogens is 2. The van der Waals surface area contributed by atoms with Crippen LogP contribution in [0.3, 0.4) is 0 Å². The van der Waals surface area contributed by atoms with Gasteiger partial charge in [0.2, 0.25) is 0 Å². The van der Waals surface area contributed by atoms with Crippen molar-refractivity contribution in [2.45, 2.75) is 26.7 Å². The van der Waals surface area contributed by atoms with Crippen molar-refractivity contribution in [1.29, 1.82) is 0 Å². The highest BCUT2D eigenvalue weighted by Gasteiger charge is 2.11. The Labute approximate surface area is 138 Å². The molecule has 1 aromatic carbocycles. The van der Waals surface area contributed by atoms with Gasteiger partial charge in [0.25, 0.3) is 5.56 Å². The molecule has 0 saturated heterocycles. The second kappa shape index (κ2) is 7.28. The molecule has 0 spiro atoms. The molecule has 0 aliphatic carbocycles. The van der Waals surface area contributed by atoms with Gasteiger partial charge in [-0.3, -0.25) is 19.7 Å². The molecular weight excluding hydrogens is 318 g/mol. The Morgan fingerprint density at radius 2 is 2.17 bits per heavy atom. The summed E-state index contributed by atoms with van der Waals surface area (Å²) < 4.78 is 1.42. The van der Waals surface area contributed by atoms with Gasteiger partial charge < -0.3 is 5.11 Å². The third-order valence-corrected chi connectivity index (χ3v) is 3.84. The summed E-state index contributed by atoms with van der Waals surface area (Å²) in [4.78, 5) is 27.0. The lowest BCUT2D eigenvalue weighted by molar-refractivity contribution is -0.137. The van der Waals surface area contributed by atoms with Crippen LogP contribution in [0.4, 0.5) is 0 Å². The molecule has 0 radical (unpaired) electrons. The minimum absolute atomic E-state index is 0.0650. The van der Waals surface area contributed by atoms with Crippen molar-refractivity contribution in [2.75, 3.05) is 6.54 Å². The van der Waals surface area contributed by atoms with E-state index in [-0.39, 0.29) is 12.0 Å². The van der Waals surface area contributed by atoms with Gasteiger partial charge in [0.15, 0.2) is 0 Å². The fourth-order valence-electron chi connectivity index (χ4n) is 2.09. The van der Waals surface area contributed by atoms with Crippen molar-refractivity contribution in [3.63, 3.8) is 0 Å². The molecule has 1 aromatic heterocycles. The number of halogens is 1. The zero-order valence-electron chi connectivity index (χ0n) is 13.0. The molecule has 0 bridgehead atoms. The predicted octanol–water partition coefficient (Wildman–Crippen LogP) is 2.72. The number of carbonyl (C=O) groups is 1. The molecule has 0 unspecified atom stereocenters. The largest absolute Gasteiger partial charge is 0.481 e.